The van der Waals surface area contributed by atoms with Gasteiger partial charge in [0.2, 0.25) is 0 Å². The Morgan fingerprint density at radius 3 is 2.76 bits per heavy atom. The van der Waals surface area contributed by atoms with Gasteiger partial charge in [-0.05, 0) is 55.0 Å². The van der Waals surface area contributed by atoms with E-state index in [-0.39, 0.29) is 5.56 Å². The van der Waals surface area contributed by atoms with Gasteiger partial charge in [-0.1, -0.05) is 6.08 Å². The number of benzene rings is 1. The van der Waals surface area contributed by atoms with Crippen molar-refractivity contribution in [3.05, 3.63) is 65.1 Å². The molecule has 0 spiro atoms. The van der Waals surface area contributed by atoms with E-state index in [1.807, 2.05) is 31.2 Å². The van der Waals surface area contributed by atoms with Crippen LogP contribution in [0.5, 0.6) is 0 Å². The first-order valence-electron chi connectivity index (χ1n) is 9.03. The lowest BCUT2D eigenvalue weighted by molar-refractivity contribution is 0.251. The summed E-state index contributed by atoms with van der Waals surface area (Å²) in [7, 11) is 1.80. The number of aromatic nitrogens is 2. The number of anilines is 2. The molecule has 0 aliphatic carbocycles. The standard InChI is InChI=1S/C22H18FN5O/c1-12-7-15(10-19(25-2)26-12)17-9-14-4-6-20(29)27-22(14)28-21(17)13-3-5-18(23)16(8-13)11-24/h3-10,20,29H,1-2H3,(H,25,26)(H,27,28). The lowest BCUT2D eigenvalue weighted by Gasteiger charge is -2.20. The van der Waals surface area contributed by atoms with Crippen LogP contribution in [0.3, 0.4) is 0 Å². The molecule has 1 aliphatic heterocycles. The van der Waals surface area contributed by atoms with Crippen LogP contribution in [0.1, 0.15) is 16.8 Å². The van der Waals surface area contributed by atoms with E-state index in [4.69, 9.17) is 4.98 Å². The quantitative estimate of drug-likeness (QED) is 0.630. The number of pyridine rings is 2. The Hall–Kier alpha value is -3.76. The zero-order valence-corrected chi connectivity index (χ0v) is 15.9. The highest BCUT2D eigenvalue weighted by atomic mass is 19.1. The number of hydrogen-bond donors (Lipinski definition) is 3. The number of nitriles is 1. The Morgan fingerprint density at radius 1 is 1.17 bits per heavy atom. The molecule has 0 fully saturated rings. The van der Waals surface area contributed by atoms with Crippen LogP contribution in [0, 0.1) is 24.1 Å². The van der Waals surface area contributed by atoms with Gasteiger partial charge in [0.25, 0.3) is 0 Å². The predicted octanol–water partition coefficient (Wildman–Crippen LogP) is 3.93. The molecule has 4 rings (SSSR count). The summed E-state index contributed by atoms with van der Waals surface area (Å²) in [6.07, 6.45) is 2.60. The van der Waals surface area contributed by atoms with Gasteiger partial charge in [0.15, 0.2) is 0 Å². The number of rotatable bonds is 3. The molecule has 3 N–H and O–H groups in total. The second-order valence-electron chi connectivity index (χ2n) is 6.71. The number of aliphatic hydroxyl groups excluding tert-OH is 1. The van der Waals surface area contributed by atoms with Gasteiger partial charge in [0.1, 0.15) is 29.8 Å². The Labute approximate surface area is 167 Å². The van der Waals surface area contributed by atoms with Gasteiger partial charge in [-0.3, -0.25) is 0 Å². The van der Waals surface area contributed by atoms with Crippen LogP contribution in [-0.2, 0) is 0 Å². The maximum atomic E-state index is 13.9. The highest BCUT2D eigenvalue weighted by Crippen LogP contribution is 2.37. The third-order valence-corrected chi connectivity index (χ3v) is 4.68. The van der Waals surface area contributed by atoms with Gasteiger partial charge in [-0.15, -0.1) is 0 Å². The second kappa shape index (κ2) is 7.34. The lowest BCUT2D eigenvalue weighted by atomic mass is 9.95. The fourth-order valence-corrected chi connectivity index (χ4v) is 3.30. The van der Waals surface area contributed by atoms with Crippen LogP contribution in [0.25, 0.3) is 28.5 Å². The Bertz CT molecular complexity index is 1180. The van der Waals surface area contributed by atoms with E-state index in [1.165, 1.54) is 12.1 Å². The van der Waals surface area contributed by atoms with Crippen molar-refractivity contribution < 1.29 is 9.50 Å². The summed E-state index contributed by atoms with van der Waals surface area (Å²) in [6, 6.07) is 12.0. The molecule has 6 nitrogen and oxygen atoms in total. The molecule has 0 saturated carbocycles. The number of aliphatic hydroxyl groups is 1. The fourth-order valence-electron chi connectivity index (χ4n) is 3.30. The average Bonchev–Trinajstić information content (AvgIpc) is 2.72. The predicted molar refractivity (Wildman–Crippen MR) is 111 cm³/mol. The van der Waals surface area contributed by atoms with Crippen molar-refractivity contribution in [1.82, 2.24) is 9.97 Å². The summed E-state index contributed by atoms with van der Waals surface area (Å²) in [5.41, 5.74) is 4.46. The first-order valence-corrected chi connectivity index (χ1v) is 9.03. The molecule has 0 amide bonds. The van der Waals surface area contributed by atoms with E-state index in [9.17, 15) is 14.8 Å². The summed E-state index contributed by atoms with van der Waals surface area (Å²) < 4.78 is 13.9. The highest BCUT2D eigenvalue weighted by Gasteiger charge is 2.19. The Morgan fingerprint density at radius 2 is 2.00 bits per heavy atom. The minimum Gasteiger partial charge on any atom is -0.373 e. The summed E-state index contributed by atoms with van der Waals surface area (Å²) >= 11 is 0. The molecule has 3 heterocycles. The molecule has 144 valence electrons. The summed E-state index contributed by atoms with van der Waals surface area (Å²) in [5, 5.41) is 25.1. The third kappa shape index (κ3) is 3.53. The molecule has 0 saturated heterocycles. The Kier molecular flexibility index (Phi) is 4.71. The summed E-state index contributed by atoms with van der Waals surface area (Å²) in [5.74, 6) is 0.648. The van der Waals surface area contributed by atoms with Gasteiger partial charge >= 0.3 is 0 Å². The summed E-state index contributed by atoms with van der Waals surface area (Å²) in [4.78, 5) is 9.14. The van der Waals surface area contributed by atoms with Crippen LogP contribution >= 0.6 is 0 Å². The maximum Gasteiger partial charge on any atom is 0.145 e. The van der Waals surface area contributed by atoms with E-state index in [0.29, 0.717) is 22.9 Å². The van der Waals surface area contributed by atoms with Crippen LogP contribution in [-0.4, -0.2) is 28.4 Å². The second-order valence-corrected chi connectivity index (χ2v) is 6.71. The van der Waals surface area contributed by atoms with E-state index in [1.54, 1.807) is 25.3 Å². The lowest BCUT2D eigenvalue weighted by Crippen LogP contribution is -2.20. The number of fused-ring (bicyclic) bond motifs is 1. The first-order chi connectivity index (χ1) is 14.0. The number of aryl methyl sites for hydroxylation is 1. The van der Waals surface area contributed by atoms with E-state index in [0.717, 1.165) is 22.4 Å². The van der Waals surface area contributed by atoms with Crippen molar-refractivity contribution in [1.29, 1.82) is 5.26 Å². The third-order valence-electron chi connectivity index (χ3n) is 4.68. The van der Waals surface area contributed by atoms with Crippen LogP contribution in [0.2, 0.25) is 0 Å². The van der Waals surface area contributed by atoms with Gasteiger partial charge in [0.05, 0.1) is 11.3 Å². The van der Waals surface area contributed by atoms with Crippen molar-refractivity contribution in [2.24, 2.45) is 0 Å². The molecule has 2 aromatic heterocycles. The molecular formula is C22H18FN5O. The monoisotopic (exact) mass is 387 g/mol. The molecule has 0 radical (unpaired) electrons. The molecule has 1 aliphatic rings. The Balaban J connectivity index is 1.99. The van der Waals surface area contributed by atoms with E-state index in [2.05, 4.69) is 15.6 Å². The molecule has 7 heteroatoms. The molecule has 29 heavy (non-hydrogen) atoms. The minimum atomic E-state index is -0.837. The normalized spacial score (nSPS) is 14.7. The number of hydrogen-bond acceptors (Lipinski definition) is 6. The number of nitrogens with one attached hydrogen (secondary N) is 2. The zero-order chi connectivity index (χ0) is 20.5. The average molecular weight is 387 g/mol. The topological polar surface area (TPSA) is 93.9 Å². The van der Waals surface area contributed by atoms with Gasteiger partial charge < -0.3 is 15.7 Å². The van der Waals surface area contributed by atoms with Gasteiger partial charge in [-0.2, -0.15) is 5.26 Å². The highest BCUT2D eigenvalue weighted by molar-refractivity contribution is 5.87. The zero-order valence-electron chi connectivity index (χ0n) is 15.9. The van der Waals surface area contributed by atoms with E-state index >= 15 is 0 Å². The maximum absolute atomic E-state index is 13.9. The van der Waals surface area contributed by atoms with Crippen molar-refractivity contribution in [2.75, 3.05) is 17.7 Å². The minimum absolute atomic E-state index is 0.0531. The van der Waals surface area contributed by atoms with Gasteiger partial charge in [0, 0.05) is 29.4 Å². The molecule has 0 bridgehead atoms. The van der Waals surface area contributed by atoms with E-state index < -0.39 is 12.0 Å². The largest absolute Gasteiger partial charge is 0.373 e. The fraction of sp³-hybridized carbons (Fsp3) is 0.136. The smallest absolute Gasteiger partial charge is 0.145 e. The van der Waals surface area contributed by atoms with Crippen LogP contribution < -0.4 is 10.6 Å². The van der Waals surface area contributed by atoms with Crippen molar-refractivity contribution in [3.8, 4) is 28.5 Å². The SMILES string of the molecule is CNc1cc(-c2cc3c(nc2-c2ccc(F)c(C#N)c2)NC(O)C=C3)cc(C)n1. The molecule has 1 unspecified atom stereocenters. The van der Waals surface area contributed by atoms with Crippen molar-refractivity contribution >= 4 is 17.7 Å². The molecular weight excluding hydrogens is 369 g/mol. The van der Waals surface area contributed by atoms with Crippen LogP contribution in [0.4, 0.5) is 16.0 Å². The number of nitrogens with zero attached hydrogens (tertiary/aromatic N) is 3. The molecule has 3 aromatic rings. The van der Waals surface area contributed by atoms with Crippen molar-refractivity contribution in [3.63, 3.8) is 0 Å². The first kappa shape index (κ1) is 18.6. The van der Waals surface area contributed by atoms with Gasteiger partial charge in [-0.25, -0.2) is 14.4 Å². The summed E-state index contributed by atoms with van der Waals surface area (Å²) in [6.45, 7) is 1.90. The molecule has 1 aromatic carbocycles. The molecule has 1 atom stereocenters. The van der Waals surface area contributed by atoms with Crippen molar-refractivity contribution in [2.45, 2.75) is 13.2 Å². The van der Waals surface area contributed by atoms with Crippen LogP contribution in [0.15, 0.2) is 42.5 Å². The number of halogens is 1.